The summed E-state index contributed by atoms with van der Waals surface area (Å²) in [6, 6.07) is 0. The smallest absolute Gasteiger partial charge is 0.122 e. The molecule has 0 aromatic carbocycles. The zero-order chi connectivity index (χ0) is 20.9. The summed E-state index contributed by atoms with van der Waals surface area (Å²) in [6.45, 7) is 11.2. The van der Waals surface area contributed by atoms with Gasteiger partial charge in [-0.05, 0) is 104 Å². The second-order valence-corrected chi connectivity index (χ2v) is 12.9. The molecule has 4 aliphatic carbocycles. The molecule has 2 N–H and O–H groups in total. The van der Waals surface area contributed by atoms with Gasteiger partial charge in [0.05, 0.1) is 11.9 Å². The first kappa shape index (κ1) is 20.1. The van der Waals surface area contributed by atoms with Gasteiger partial charge in [0.15, 0.2) is 0 Å². The van der Waals surface area contributed by atoms with E-state index in [1.54, 1.807) is 0 Å². The van der Waals surface area contributed by atoms with Crippen LogP contribution in [0.4, 0.5) is 0 Å². The van der Waals surface area contributed by atoms with Crippen molar-refractivity contribution in [2.45, 2.75) is 97.3 Å². The summed E-state index contributed by atoms with van der Waals surface area (Å²) in [5.74, 6) is 6.05. The number of rotatable bonds is 0. The maximum absolute atomic E-state index is 10.2. The van der Waals surface area contributed by atoms with E-state index in [4.69, 9.17) is 4.74 Å². The Hall–Kier alpha value is -0.540. The van der Waals surface area contributed by atoms with Gasteiger partial charge in [0.2, 0.25) is 0 Å². The summed E-state index contributed by atoms with van der Waals surface area (Å²) in [5, 5.41) is 14.1. The van der Waals surface area contributed by atoms with Crippen LogP contribution in [0.5, 0.6) is 0 Å². The van der Waals surface area contributed by atoms with Gasteiger partial charge in [-0.1, -0.05) is 27.7 Å². The molecule has 0 unspecified atom stereocenters. The third-order valence-corrected chi connectivity index (χ3v) is 11.8. The molecule has 5 fully saturated rings. The monoisotopic (exact) mass is 413 g/mol. The molecular formula is C27H43NO2. The SMILES string of the molecule is C[C@H]1CC[C@]2(NC1)O[C@H]1C[C@H]3[C@@H]4CC[C@H]5CC(O)=CC[C@]5(C)[C@H]4CC[C@]3(C)[C@H]1[C@@H]2C. The third-order valence-electron chi connectivity index (χ3n) is 11.8. The van der Waals surface area contributed by atoms with Gasteiger partial charge in [-0.2, -0.15) is 0 Å². The zero-order valence-corrected chi connectivity index (χ0v) is 19.6. The Kier molecular flexibility index (Phi) is 4.35. The molecular weight excluding hydrogens is 370 g/mol. The van der Waals surface area contributed by atoms with Crippen LogP contribution in [0.2, 0.25) is 0 Å². The van der Waals surface area contributed by atoms with Crippen LogP contribution in [-0.4, -0.2) is 23.5 Å². The predicted octanol–water partition coefficient (Wildman–Crippen LogP) is 6.06. The largest absolute Gasteiger partial charge is 0.513 e. The Bertz CT molecular complexity index is 739. The highest BCUT2D eigenvalue weighted by Crippen LogP contribution is 2.70. The van der Waals surface area contributed by atoms with Gasteiger partial charge in [-0.15, -0.1) is 0 Å². The highest BCUT2D eigenvalue weighted by atomic mass is 16.5. The molecule has 0 amide bonds. The number of nitrogens with one attached hydrogen (secondary N) is 1. The molecule has 3 saturated carbocycles. The minimum Gasteiger partial charge on any atom is -0.513 e. The summed E-state index contributed by atoms with van der Waals surface area (Å²) < 4.78 is 7.00. The number of aliphatic hydroxyl groups is 1. The van der Waals surface area contributed by atoms with E-state index in [1.165, 1.54) is 44.9 Å². The molecule has 0 bridgehead atoms. The summed E-state index contributed by atoms with van der Waals surface area (Å²) in [7, 11) is 0. The van der Waals surface area contributed by atoms with Crippen molar-refractivity contribution >= 4 is 0 Å². The fraction of sp³-hybridized carbons (Fsp3) is 0.926. The van der Waals surface area contributed by atoms with E-state index < -0.39 is 0 Å². The van der Waals surface area contributed by atoms with Crippen LogP contribution in [0.15, 0.2) is 11.8 Å². The van der Waals surface area contributed by atoms with Crippen molar-refractivity contribution in [2.75, 3.05) is 6.54 Å². The van der Waals surface area contributed by atoms with E-state index in [0.29, 0.717) is 34.5 Å². The molecule has 0 aromatic rings. The maximum atomic E-state index is 10.2. The first-order chi connectivity index (χ1) is 14.3. The molecule has 1 spiro atoms. The van der Waals surface area contributed by atoms with Gasteiger partial charge in [0.25, 0.3) is 0 Å². The van der Waals surface area contributed by atoms with Gasteiger partial charge in [-0.3, -0.25) is 5.32 Å². The standard InChI is InChI=1S/C27H43NO2/c1-16-7-12-27(28-15-16)17(2)24-23(30-27)14-22-20-6-5-18-13-19(29)8-10-25(18,3)21(20)9-11-26(22,24)4/h8,16-18,20-24,28-29H,5-7,9-15H2,1-4H3/t16-,17-,18-,20+,21-,22-,23-,24-,25-,26-,27-/m0/s1. The van der Waals surface area contributed by atoms with Crippen molar-refractivity contribution in [3.8, 4) is 0 Å². The van der Waals surface area contributed by atoms with Gasteiger partial charge < -0.3 is 9.84 Å². The van der Waals surface area contributed by atoms with Gasteiger partial charge in [-0.25, -0.2) is 0 Å². The summed E-state index contributed by atoms with van der Waals surface area (Å²) >= 11 is 0. The Morgan fingerprint density at radius 1 is 1.03 bits per heavy atom. The van der Waals surface area contributed by atoms with E-state index >= 15 is 0 Å². The molecule has 6 rings (SSSR count). The predicted molar refractivity (Wildman–Crippen MR) is 120 cm³/mol. The van der Waals surface area contributed by atoms with E-state index in [9.17, 15) is 5.11 Å². The van der Waals surface area contributed by atoms with Crippen molar-refractivity contribution in [3.63, 3.8) is 0 Å². The summed E-state index contributed by atoms with van der Waals surface area (Å²) in [4.78, 5) is 0. The number of hydrogen-bond donors (Lipinski definition) is 2. The van der Waals surface area contributed by atoms with Crippen LogP contribution in [-0.2, 0) is 4.74 Å². The first-order valence-corrected chi connectivity index (χ1v) is 13.1. The van der Waals surface area contributed by atoms with Crippen molar-refractivity contribution < 1.29 is 9.84 Å². The lowest BCUT2D eigenvalue weighted by Gasteiger charge is -2.60. The van der Waals surface area contributed by atoms with Crippen molar-refractivity contribution in [1.29, 1.82) is 0 Å². The van der Waals surface area contributed by atoms with E-state index in [1.807, 2.05) is 0 Å². The Labute approximate surface area is 183 Å². The first-order valence-electron chi connectivity index (χ1n) is 13.1. The normalized spacial score (nSPS) is 59.8. The third kappa shape index (κ3) is 2.51. The van der Waals surface area contributed by atoms with Crippen molar-refractivity contribution in [2.24, 2.45) is 52.3 Å². The highest BCUT2D eigenvalue weighted by Gasteiger charge is 2.68. The van der Waals surface area contributed by atoms with Crippen LogP contribution in [0, 0.1) is 52.3 Å². The van der Waals surface area contributed by atoms with Crippen LogP contribution < -0.4 is 5.32 Å². The second-order valence-electron chi connectivity index (χ2n) is 12.9. The lowest BCUT2D eigenvalue weighted by atomic mass is 9.45. The maximum Gasteiger partial charge on any atom is 0.122 e. The zero-order valence-electron chi connectivity index (χ0n) is 19.6. The Balaban J connectivity index is 1.27. The molecule has 0 radical (unpaired) electrons. The number of fused-ring (bicyclic) bond motifs is 7. The summed E-state index contributed by atoms with van der Waals surface area (Å²) in [6.07, 6.45) is 13.9. The average Bonchev–Trinajstić information content (AvgIpc) is 3.16. The lowest BCUT2D eigenvalue weighted by Crippen LogP contribution is -2.57. The Morgan fingerprint density at radius 2 is 1.87 bits per heavy atom. The number of allylic oxidation sites excluding steroid dienone is 2. The number of ether oxygens (including phenoxy) is 1. The fourth-order valence-corrected chi connectivity index (χ4v) is 10.1. The molecule has 6 aliphatic rings. The number of aliphatic hydroxyl groups excluding tert-OH is 1. The minimum absolute atomic E-state index is 0.0397. The van der Waals surface area contributed by atoms with E-state index in [0.717, 1.165) is 49.0 Å². The topological polar surface area (TPSA) is 41.5 Å². The molecule has 168 valence electrons. The number of piperidine rings is 1. The Morgan fingerprint density at radius 3 is 2.63 bits per heavy atom. The molecule has 11 atom stereocenters. The molecule has 0 aromatic heterocycles. The van der Waals surface area contributed by atoms with E-state index in [2.05, 4.69) is 39.1 Å². The highest BCUT2D eigenvalue weighted by molar-refractivity contribution is 5.18. The average molecular weight is 414 g/mol. The molecule has 2 heterocycles. The molecule has 30 heavy (non-hydrogen) atoms. The number of hydrogen-bond acceptors (Lipinski definition) is 3. The van der Waals surface area contributed by atoms with Crippen LogP contribution in [0.1, 0.15) is 85.5 Å². The molecule has 3 nitrogen and oxygen atoms in total. The van der Waals surface area contributed by atoms with Crippen LogP contribution in [0.3, 0.4) is 0 Å². The molecule has 2 aliphatic heterocycles. The molecule has 3 heteroatoms. The molecule has 2 saturated heterocycles. The minimum atomic E-state index is -0.0397. The van der Waals surface area contributed by atoms with Crippen LogP contribution >= 0.6 is 0 Å². The van der Waals surface area contributed by atoms with E-state index in [-0.39, 0.29) is 5.72 Å². The fourth-order valence-electron chi connectivity index (χ4n) is 10.1. The lowest BCUT2D eigenvalue weighted by molar-refractivity contribution is -0.127. The quantitative estimate of drug-likeness (QED) is 0.507. The van der Waals surface area contributed by atoms with Gasteiger partial charge in [0, 0.05) is 18.9 Å². The summed E-state index contributed by atoms with van der Waals surface area (Å²) in [5.41, 5.74) is 0.820. The van der Waals surface area contributed by atoms with Crippen molar-refractivity contribution in [3.05, 3.63) is 11.8 Å². The van der Waals surface area contributed by atoms with Gasteiger partial charge in [0.1, 0.15) is 5.72 Å². The van der Waals surface area contributed by atoms with Gasteiger partial charge >= 0.3 is 0 Å². The van der Waals surface area contributed by atoms with Crippen molar-refractivity contribution in [1.82, 2.24) is 5.32 Å². The second kappa shape index (κ2) is 6.50. The van der Waals surface area contributed by atoms with Crippen LogP contribution in [0.25, 0.3) is 0 Å².